The molecule has 1 atom stereocenters. The molecule has 0 fully saturated rings. The van der Waals surface area contributed by atoms with E-state index in [9.17, 15) is 4.79 Å². The van der Waals surface area contributed by atoms with E-state index in [0.717, 1.165) is 0 Å². The second-order valence-electron chi connectivity index (χ2n) is 1.13. The molecule has 0 spiro atoms. The molecule has 0 aliphatic carbocycles. The van der Waals surface area contributed by atoms with Gasteiger partial charge < -0.3 is 17.0 Å². The summed E-state index contributed by atoms with van der Waals surface area (Å²) < 4.78 is 0. The molecular weight excluding hydrogens is 327 g/mol. The molecule has 0 aliphatic heterocycles. The predicted octanol–water partition coefficient (Wildman–Crippen LogP) is 0.267. The van der Waals surface area contributed by atoms with E-state index in [1.165, 1.54) is 6.92 Å². The van der Waals surface area contributed by atoms with Crippen LogP contribution in [0.4, 0.5) is 0 Å². The number of aliphatic carboxylic acids is 1. The summed E-state index contributed by atoms with van der Waals surface area (Å²) in [5.74, 6) is -0.963. The van der Waals surface area contributed by atoms with Crippen LogP contribution in [0.5, 0.6) is 0 Å². The summed E-state index contributed by atoms with van der Waals surface area (Å²) in [6, 6.07) is -0.731. The van der Waals surface area contributed by atoms with E-state index in [1.807, 2.05) is 0 Å². The zero-order valence-corrected chi connectivity index (χ0v) is 7.94. The van der Waals surface area contributed by atoms with Crippen molar-refractivity contribution >= 4 is 15.4 Å². The third-order valence-corrected chi connectivity index (χ3v) is 0.390. The average Bonchev–Trinajstić information content (AvgIpc) is 1.72. The third kappa shape index (κ3) is 17.8. The van der Waals surface area contributed by atoms with Gasteiger partial charge in [-0.1, -0.05) is 0 Å². The molecule has 0 saturated heterocycles. The Morgan fingerprint density at radius 3 is 1.89 bits per heavy atom. The van der Waals surface area contributed by atoms with Crippen molar-refractivity contribution in [2.24, 2.45) is 5.73 Å². The zero-order valence-electron chi connectivity index (χ0n) is 4.91. The number of carboxylic acid groups (broad SMARTS) is 1. The first-order chi connectivity index (χ1) is 3.64. The van der Waals surface area contributed by atoms with E-state index < -0.39 is 12.0 Å². The van der Waals surface area contributed by atoms with Crippen LogP contribution in [0.15, 0.2) is 0 Å². The number of hydrogen-bond acceptors (Lipinski definition) is 3. The van der Waals surface area contributed by atoms with Crippen molar-refractivity contribution in [3.8, 4) is 0 Å². The van der Waals surface area contributed by atoms with E-state index in [-0.39, 0.29) is 6.15 Å². The first kappa shape index (κ1) is 16.2. The zero-order chi connectivity index (χ0) is 7.15. The first-order valence-electron chi connectivity index (χ1n) is 1.75. The SMILES string of the molecule is CC(N)C(=O)O.N.[Cl][Pt]. The van der Waals surface area contributed by atoms with Crippen LogP contribution in [0.3, 0.4) is 0 Å². The van der Waals surface area contributed by atoms with Gasteiger partial charge in [-0.25, -0.2) is 0 Å². The van der Waals surface area contributed by atoms with Crippen LogP contribution in [-0.4, -0.2) is 17.1 Å². The second-order valence-corrected chi connectivity index (χ2v) is 1.13. The van der Waals surface area contributed by atoms with Gasteiger partial charge in [-0.15, -0.1) is 0 Å². The quantitative estimate of drug-likeness (QED) is 0.640. The molecule has 0 heterocycles. The standard InChI is InChI=1S/C3H7NO2.ClH.H3N.Pt/c1-2(4)3(5)6;;;/h2H,4H2,1H3,(H,5,6);1H;1H3;/q;;;+1/p-1. The molecule has 0 aromatic carbocycles. The van der Waals surface area contributed by atoms with Gasteiger partial charge in [-0.3, -0.25) is 4.79 Å². The van der Waals surface area contributed by atoms with E-state index in [0.29, 0.717) is 0 Å². The molecule has 0 aliphatic rings. The Morgan fingerprint density at radius 1 is 1.78 bits per heavy atom. The molecule has 0 radical (unpaired) electrons. The number of rotatable bonds is 1. The van der Waals surface area contributed by atoms with E-state index in [1.54, 1.807) is 18.8 Å². The minimum atomic E-state index is -0.963. The van der Waals surface area contributed by atoms with Gasteiger partial charge in [-0.05, 0) is 6.92 Å². The van der Waals surface area contributed by atoms with Crippen molar-refractivity contribution in [3.05, 3.63) is 0 Å². The maximum atomic E-state index is 9.57. The third-order valence-electron chi connectivity index (χ3n) is 0.390. The van der Waals surface area contributed by atoms with Gasteiger partial charge in [0.15, 0.2) is 0 Å². The van der Waals surface area contributed by atoms with Gasteiger partial charge in [0.05, 0.1) is 0 Å². The van der Waals surface area contributed by atoms with Gasteiger partial charge in [0.2, 0.25) is 0 Å². The van der Waals surface area contributed by atoms with Crippen LogP contribution in [0.25, 0.3) is 0 Å². The van der Waals surface area contributed by atoms with Crippen molar-refractivity contribution in [2.75, 3.05) is 0 Å². The Hall–Kier alpha value is 0.368. The first-order valence-corrected chi connectivity index (χ1v) is 4.56. The van der Waals surface area contributed by atoms with Gasteiger partial charge in [0.25, 0.3) is 0 Å². The van der Waals surface area contributed by atoms with Crippen molar-refractivity contribution in [3.63, 3.8) is 0 Å². The number of hydrogen-bond donors (Lipinski definition) is 3. The Kier molecular flexibility index (Phi) is 20.1. The normalized spacial score (nSPS) is 9.89. The Balaban J connectivity index is -0.000000109. The van der Waals surface area contributed by atoms with Crippen LogP contribution in [0.2, 0.25) is 0 Å². The maximum absolute atomic E-state index is 9.57. The Bertz CT molecular complexity index is 70.8. The molecule has 61 valence electrons. The van der Waals surface area contributed by atoms with Gasteiger partial charge >= 0.3 is 34.2 Å². The number of carboxylic acids is 1. The molecule has 0 saturated carbocycles. The predicted molar refractivity (Wildman–Crippen MR) is 32.2 cm³/mol. The van der Waals surface area contributed by atoms with Crippen LogP contribution < -0.4 is 11.9 Å². The van der Waals surface area contributed by atoms with Crippen molar-refractivity contribution < 1.29 is 28.7 Å². The van der Waals surface area contributed by atoms with Crippen LogP contribution >= 0.6 is 9.42 Å². The average molecular weight is 337 g/mol. The topological polar surface area (TPSA) is 98.3 Å². The van der Waals surface area contributed by atoms with E-state index >= 15 is 0 Å². The van der Waals surface area contributed by atoms with Crippen LogP contribution in [0, 0.1) is 0 Å². The van der Waals surface area contributed by atoms with Crippen molar-refractivity contribution in [1.29, 1.82) is 0 Å². The molecule has 6 N–H and O–H groups in total. The van der Waals surface area contributed by atoms with Crippen LogP contribution in [0.1, 0.15) is 6.92 Å². The second kappa shape index (κ2) is 11.2. The fourth-order valence-electron chi connectivity index (χ4n) is 0. The summed E-state index contributed by atoms with van der Waals surface area (Å²) in [6.07, 6.45) is 0. The van der Waals surface area contributed by atoms with Crippen molar-refractivity contribution in [1.82, 2.24) is 6.15 Å². The molecule has 4 nitrogen and oxygen atoms in total. The van der Waals surface area contributed by atoms with Gasteiger partial charge in [0.1, 0.15) is 6.04 Å². The molecule has 0 aromatic rings. The summed E-state index contributed by atoms with van der Waals surface area (Å²) in [5, 5.41) is 7.87. The van der Waals surface area contributed by atoms with Gasteiger partial charge in [-0.2, -0.15) is 0 Å². The fourth-order valence-corrected chi connectivity index (χ4v) is 0. The number of nitrogens with two attached hydrogens (primary N) is 1. The molecule has 0 bridgehead atoms. The number of carbonyl (C=O) groups is 1. The number of halogens is 1. The molecule has 9 heavy (non-hydrogen) atoms. The summed E-state index contributed by atoms with van der Waals surface area (Å²) in [4.78, 5) is 9.57. The molecule has 0 rings (SSSR count). The van der Waals surface area contributed by atoms with E-state index in [4.69, 9.17) is 10.8 Å². The molecular formula is C3H10ClN2O2Pt. The van der Waals surface area contributed by atoms with Crippen molar-refractivity contribution in [2.45, 2.75) is 13.0 Å². The molecule has 1 unspecified atom stereocenters. The molecule has 0 aromatic heterocycles. The Labute approximate surface area is 69.2 Å². The fraction of sp³-hybridized carbons (Fsp3) is 0.667. The van der Waals surface area contributed by atoms with Crippen LogP contribution in [-0.2, 0) is 23.6 Å². The van der Waals surface area contributed by atoms with E-state index in [2.05, 4.69) is 9.42 Å². The van der Waals surface area contributed by atoms with Gasteiger partial charge in [0, 0.05) is 0 Å². The summed E-state index contributed by atoms with van der Waals surface area (Å²) in [7, 11) is 4.61. The summed E-state index contributed by atoms with van der Waals surface area (Å²) >= 11 is 1.61. The molecule has 0 amide bonds. The minimum absolute atomic E-state index is 0. The summed E-state index contributed by atoms with van der Waals surface area (Å²) in [6.45, 7) is 1.42. The Morgan fingerprint density at radius 2 is 1.89 bits per heavy atom. The molecule has 6 heteroatoms. The monoisotopic (exact) mass is 336 g/mol. The summed E-state index contributed by atoms with van der Waals surface area (Å²) in [5.41, 5.74) is 4.84.